The lowest BCUT2D eigenvalue weighted by molar-refractivity contribution is 0.0616. The maximum absolute atomic E-state index is 11.7. The van der Waals surface area contributed by atoms with E-state index in [4.69, 9.17) is 0 Å². The highest BCUT2D eigenvalue weighted by Crippen LogP contribution is 2.30. The van der Waals surface area contributed by atoms with Crippen LogP contribution in [0, 0.1) is 0 Å². The molecule has 2 aromatic rings. The van der Waals surface area contributed by atoms with Gasteiger partial charge in [0.1, 0.15) is 5.65 Å². The van der Waals surface area contributed by atoms with Crippen LogP contribution in [0.4, 0.5) is 10.5 Å². The highest BCUT2D eigenvalue weighted by molar-refractivity contribution is 5.89. The molecule has 134 valence electrons. The van der Waals surface area contributed by atoms with Gasteiger partial charge in [-0.1, -0.05) is 0 Å². The molecule has 1 aliphatic heterocycles. The fourth-order valence-corrected chi connectivity index (χ4v) is 3.68. The molecule has 3 heterocycles. The van der Waals surface area contributed by atoms with E-state index in [1.54, 1.807) is 17.2 Å². The zero-order chi connectivity index (χ0) is 18.2. The third-order valence-corrected chi connectivity index (χ3v) is 4.71. The summed E-state index contributed by atoms with van der Waals surface area (Å²) in [7, 11) is 0. The SMILES string of the molecule is CC(C)(C)N(C(=O)O)C1CCN(c2ccnc3[nH]c(=O)ccc23)CC1. The largest absolute Gasteiger partial charge is 0.465 e. The number of H-pyrrole nitrogens is 1. The van der Waals surface area contributed by atoms with Crippen LogP contribution in [0.15, 0.2) is 29.2 Å². The minimum absolute atomic E-state index is 0.0154. The van der Waals surface area contributed by atoms with Gasteiger partial charge < -0.3 is 19.9 Å². The van der Waals surface area contributed by atoms with Crippen LogP contribution in [0.2, 0.25) is 0 Å². The minimum Gasteiger partial charge on any atom is -0.465 e. The van der Waals surface area contributed by atoms with Crippen molar-refractivity contribution in [1.82, 2.24) is 14.9 Å². The number of nitrogens with one attached hydrogen (secondary N) is 1. The summed E-state index contributed by atoms with van der Waals surface area (Å²) < 4.78 is 0. The molecule has 0 spiro atoms. The molecule has 25 heavy (non-hydrogen) atoms. The quantitative estimate of drug-likeness (QED) is 0.874. The van der Waals surface area contributed by atoms with Crippen molar-refractivity contribution in [2.24, 2.45) is 0 Å². The Hall–Kier alpha value is -2.57. The number of aromatic nitrogens is 2. The number of hydrogen-bond donors (Lipinski definition) is 2. The lowest BCUT2D eigenvalue weighted by Gasteiger charge is -2.44. The number of carbonyl (C=O) groups is 1. The first-order valence-corrected chi connectivity index (χ1v) is 8.52. The van der Waals surface area contributed by atoms with Crippen molar-refractivity contribution in [2.45, 2.75) is 45.2 Å². The highest BCUT2D eigenvalue weighted by Gasteiger charge is 2.35. The number of carboxylic acid groups (broad SMARTS) is 1. The van der Waals surface area contributed by atoms with Crippen molar-refractivity contribution < 1.29 is 9.90 Å². The Morgan fingerprint density at radius 3 is 2.56 bits per heavy atom. The summed E-state index contributed by atoms with van der Waals surface area (Å²) in [6, 6.07) is 5.26. The monoisotopic (exact) mass is 344 g/mol. The predicted octanol–water partition coefficient (Wildman–Crippen LogP) is 2.67. The van der Waals surface area contributed by atoms with Crippen LogP contribution in [0.5, 0.6) is 0 Å². The van der Waals surface area contributed by atoms with Crippen molar-refractivity contribution in [2.75, 3.05) is 18.0 Å². The number of aromatic amines is 1. The molecule has 0 unspecified atom stereocenters. The van der Waals surface area contributed by atoms with E-state index in [-0.39, 0.29) is 11.6 Å². The van der Waals surface area contributed by atoms with Gasteiger partial charge in [-0.15, -0.1) is 0 Å². The Labute approximate surface area is 146 Å². The van der Waals surface area contributed by atoms with E-state index >= 15 is 0 Å². The van der Waals surface area contributed by atoms with E-state index in [9.17, 15) is 14.7 Å². The van der Waals surface area contributed by atoms with Gasteiger partial charge in [0.05, 0.1) is 0 Å². The van der Waals surface area contributed by atoms with Crippen LogP contribution >= 0.6 is 0 Å². The molecule has 3 rings (SSSR count). The summed E-state index contributed by atoms with van der Waals surface area (Å²) in [5, 5.41) is 10.5. The molecule has 1 amide bonds. The summed E-state index contributed by atoms with van der Waals surface area (Å²) >= 11 is 0. The Balaban J connectivity index is 1.81. The number of pyridine rings is 2. The number of rotatable bonds is 2. The minimum atomic E-state index is -0.863. The Kier molecular flexibility index (Phi) is 4.41. The number of hydrogen-bond acceptors (Lipinski definition) is 4. The van der Waals surface area contributed by atoms with E-state index in [1.807, 2.05) is 26.8 Å². The lowest BCUT2D eigenvalue weighted by Crippen LogP contribution is -2.54. The number of anilines is 1. The highest BCUT2D eigenvalue weighted by atomic mass is 16.4. The maximum Gasteiger partial charge on any atom is 0.407 e. The molecule has 1 fully saturated rings. The zero-order valence-corrected chi connectivity index (χ0v) is 14.8. The van der Waals surface area contributed by atoms with Crippen LogP contribution in [0.25, 0.3) is 11.0 Å². The van der Waals surface area contributed by atoms with Gasteiger partial charge in [-0.3, -0.25) is 4.79 Å². The molecule has 0 radical (unpaired) electrons. The molecule has 1 saturated heterocycles. The molecular weight excluding hydrogens is 320 g/mol. The maximum atomic E-state index is 11.7. The normalized spacial score (nSPS) is 16.2. The fraction of sp³-hybridized carbons (Fsp3) is 0.500. The van der Waals surface area contributed by atoms with Gasteiger partial charge in [0.25, 0.3) is 0 Å². The second kappa shape index (κ2) is 6.38. The molecule has 7 nitrogen and oxygen atoms in total. The van der Waals surface area contributed by atoms with E-state index in [2.05, 4.69) is 14.9 Å². The zero-order valence-electron chi connectivity index (χ0n) is 14.8. The predicted molar refractivity (Wildman–Crippen MR) is 97.2 cm³/mol. The fourth-order valence-electron chi connectivity index (χ4n) is 3.68. The number of amides is 1. The number of piperidine rings is 1. The topological polar surface area (TPSA) is 89.5 Å². The van der Waals surface area contributed by atoms with Crippen molar-refractivity contribution in [1.29, 1.82) is 0 Å². The van der Waals surface area contributed by atoms with E-state index in [0.717, 1.165) is 37.0 Å². The van der Waals surface area contributed by atoms with Crippen LogP contribution in [0.3, 0.4) is 0 Å². The molecule has 0 atom stereocenters. The summed E-state index contributed by atoms with van der Waals surface area (Å²) in [5.41, 5.74) is 1.02. The first-order chi connectivity index (χ1) is 11.8. The molecule has 7 heteroatoms. The molecule has 0 aliphatic carbocycles. The second-order valence-corrected chi connectivity index (χ2v) is 7.46. The van der Waals surface area contributed by atoms with E-state index in [1.165, 1.54) is 6.07 Å². The van der Waals surface area contributed by atoms with E-state index in [0.29, 0.717) is 5.65 Å². The van der Waals surface area contributed by atoms with Crippen molar-refractivity contribution >= 4 is 22.8 Å². The number of fused-ring (bicyclic) bond motifs is 1. The Morgan fingerprint density at radius 2 is 1.96 bits per heavy atom. The second-order valence-electron chi connectivity index (χ2n) is 7.46. The summed E-state index contributed by atoms with van der Waals surface area (Å²) in [6.07, 6.45) is 2.38. The first kappa shape index (κ1) is 17.3. The van der Waals surface area contributed by atoms with Gasteiger partial charge in [-0.05, 0) is 45.7 Å². The number of nitrogens with zero attached hydrogens (tertiary/aromatic N) is 3. The van der Waals surface area contributed by atoms with Crippen molar-refractivity contribution in [3.8, 4) is 0 Å². The third-order valence-electron chi connectivity index (χ3n) is 4.71. The van der Waals surface area contributed by atoms with E-state index < -0.39 is 11.6 Å². The van der Waals surface area contributed by atoms with Gasteiger partial charge in [-0.2, -0.15) is 0 Å². The van der Waals surface area contributed by atoms with Gasteiger partial charge in [0, 0.05) is 48.0 Å². The van der Waals surface area contributed by atoms with Crippen LogP contribution in [-0.4, -0.2) is 50.7 Å². The molecule has 0 aromatic carbocycles. The molecule has 2 aromatic heterocycles. The molecule has 1 aliphatic rings. The van der Waals surface area contributed by atoms with Gasteiger partial charge in [0.15, 0.2) is 0 Å². The van der Waals surface area contributed by atoms with Gasteiger partial charge in [0.2, 0.25) is 5.56 Å². The Bertz CT molecular complexity index is 832. The van der Waals surface area contributed by atoms with Crippen LogP contribution in [0.1, 0.15) is 33.6 Å². The third kappa shape index (κ3) is 3.45. The Morgan fingerprint density at radius 1 is 1.28 bits per heavy atom. The molecular formula is C18H24N4O3. The molecule has 2 N–H and O–H groups in total. The smallest absolute Gasteiger partial charge is 0.407 e. The standard InChI is InChI=1S/C18H24N4O3/c1-18(2,3)22(17(24)25)12-7-10-21(11-8-12)14-6-9-19-16-13(14)4-5-15(23)20-16/h4-6,9,12H,7-8,10-11H2,1-3H3,(H,24,25)(H,19,20,23). The summed E-state index contributed by atoms with van der Waals surface area (Å²) in [5.74, 6) is 0. The van der Waals surface area contributed by atoms with Crippen molar-refractivity contribution in [3.63, 3.8) is 0 Å². The summed E-state index contributed by atoms with van der Waals surface area (Å²) in [6.45, 7) is 7.33. The first-order valence-electron chi connectivity index (χ1n) is 8.52. The van der Waals surface area contributed by atoms with Gasteiger partial charge in [-0.25, -0.2) is 9.78 Å². The van der Waals surface area contributed by atoms with Crippen molar-refractivity contribution in [3.05, 3.63) is 34.7 Å². The average molecular weight is 344 g/mol. The lowest BCUT2D eigenvalue weighted by atomic mass is 9.96. The van der Waals surface area contributed by atoms with Gasteiger partial charge >= 0.3 is 6.09 Å². The van der Waals surface area contributed by atoms with Crippen LogP contribution < -0.4 is 10.5 Å². The molecule has 0 saturated carbocycles. The average Bonchev–Trinajstić information content (AvgIpc) is 2.53. The van der Waals surface area contributed by atoms with Crippen LogP contribution in [-0.2, 0) is 0 Å². The summed E-state index contributed by atoms with van der Waals surface area (Å²) in [4.78, 5) is 33.9. The molecule has 0 bridgehead atoms.